The topological polar surface area (TPSA) is 41.6 Å². The molecule has 2 aromatic carbocycles. The number of ether oxygens (including phenoxy) is 1. The Hall–Kier alpha value is -1.59. The normalized spacial score (nSPS) is 17.3. The maximum atomic E-state index is 12.7. The second-order valence-corrected chi connectivity index (χ2v) is 7.55. The van der Waals surface area contributed by atoms with Gasteiger partial charge in [-0.3, -0.25) is 9.69 Å². The van der Waals surface area contributed by atoms with Crippen molar-refractivity contribution in [2.75, 3.05) is 26.3 Å². The van der Waals surface area contributed by atoms with Crippen LogP contribution in [0.5, 0.6) is 0 Å². The molecule has 1 aliphatic heterocycles. The molecule has 0 bridgehead atoms. The van der Waals surface area contributed by atoms with Crippen molar-refractivity contribution in [1.82, 2.24) is 10.2 Å². The summed E-state index contributed by atoms with van der Waals surface area (Å²) in [6.45, 7) is 5.14. The van der Waals surface area contributed by atoms with E-state index in [1.165, 1.54) is 5.56 Å². The Bertz CT molecular complexity index is 744. The molecule has 2 atom stereocenters. The summed E-state index contributed by atoms with van der Waals surface area (Å²) in [6, 6.07) is 15.6. The van der Waals surface area contributed by atoms with Gasteiger partial charge in [0.1, 0.15) is 0 Å². The molecule has 4 nitrogen and oxygen atoms in total. The fraction of sp³-hybridized carbons (Fsp3) is 0.381. The maximum absolute atomic E-state index is 12.7. The lowest BCUT2D eigenvalue weighted by molar-refractivity contribution is -0.121. The quantitative estimate of drug-likeness (QED) is 0.784. The number of benzene rings is 2. The van der Waals surface area contributed by atoms with Crippen molar-refractivity contribution in [2.24, 2.45) is 0 Å². The van der Waals surface area contributed by atoms with Crippen molar-refractivity contribution in [1.29, 1.82) is 0 Å². The third-order valence-corrected chi connectivity index (χ3v) is 5.55. The van der Waals surface area contributed by atoms with E-state index < -0.39 is 0 Å². The van der Waals surface area contributed by atoms with E-state index >= 15 is 0 Å². The van der Waals surface area contributed by atoms with Gasteiger partial charge in [0, 0.05) is 29.2 Å². The highest BCUT2D eigenvalue weighted by atomic mass is 35.5. The lowest BCUT2D eigenvalue weighted by atomic mass is 9.97. The number of nitrogens with one attached hydrogen (secondary N) is 1. The Labute approximate surface area is 170 Å². The molecule has 0 aromatic heterocycles. The van der Waals surface area contributed by atoms with Crippen LogP contribution in [0.1, 0.15) is 24.1 Å². The van der Waals surface area contributed by atoms with Crippen molar-refractivity contribution in [3.05, 3.63) is 69.7 Å². The lowest BCUT2D eigenvalue weighted by Gasteiger charge is -2.38. The van der Waals surface area contributed by atoms with Crippen LogP contribution in [0, 0.1) is 0 Å². The minimum atomic E-state index is -0.0910. The molecule has 1 amide bonds. The Morgan fingerprint density at radius 3 is 2.33 bits per heavy atom. The van der Waals surface area contributed by atoms with Crippen LogP contribution in [-0.4, -0.2) is 43.2 Å². The zero-order valence-electron chi connectivity index (χ0n) is 15.3. The van der Waals surface area contributed by atoms with Gasteiger partial charge in [-0.15, -0.1) is 0 Å². The summed E-state index contributed by atoms with van der Waals surface area (Å²) in [5.74, 6) is -0.0910. The van der Waals surface area contributed by atoms with E-state index in [0.29, 0.717) is 28.8 Å². The number of halogens is 2. The van der Waals surface area contributed by atoms with Crippen LogP contribution >= 0.6 is 23.2 Å². The van der Waals surface area contributed by atoms with Crippen molar-refractivity contribution < 1.29 is 9.53 Å². The predicted molar refractivity (Wildman–Crippen MR) is 109 cm³/mol. The second kappa shape index (κ2) is 9.56. The SMILES string of the molecule is C[C@@H](NC(=O)Cc1c(Cl)cccc1Cl)[C@H](c1ccccc1)N1CCOCC1. The molecule has 1 aliphatic rings. The molecule has 3 rings (SSSR count). The highest BCUT2D eigenvalue weighted by Crippen LogP contribution is 2.27. The molecule has 1 heterocycles. The fourth-order valence-corrected chi connectivity index (χ4v) is 4.10. The van der Waals surface area contributed by atoms with E-state index in [9.17, 15) is 4.79 Å². The van der Waals surface area contributed by atoms with Gasteiger partial charge in [0.2, 0.25) is 5.91 Å². The van der Waals surface area contributed by atoms with Crippen LogP contribution in [0.4, 0.5) is 0 Å². The number of carbonyl (C=O) groups excluding carboxylic acids is 1. The van der Waals surface area contributed by atoms with E-state index in [0.717, 1.165) is 13.1 Å². The van der Waals surface area contributed by atoms with Crippen LogP contribution in [0.3, 0.4) is 0 Å². The molecule has 27 heavy (non-hydrogen) atoms. The molecule has 1 saturated heterocycles. The average Bonchev–Trinajstić information content (AvgIpc) is 2.67. The molecule has 0 unspecified atom stereocenters. The standard InChI is InChI=1S/C21H24Cl2N2O2/c1-15(24-20(26)14-17-18(22)8-5-9-19(17)23)21(16-6-3-2-4-7-16)25-10-12-27-13-11-25/h2-9,15,21H,10-14H2,1H3,(H,24,26)/t15-,21-/m1/s1. The zero-order chi connectivity index (χ0) is 19.2. The van der Waals surface area contributed by atoms with E-state index in [2.05, 4.69) is 22.3 Å². The zero-order valence-corrected chi connectivity index (χ0v) is 16.8. The van der Waals surface area contributed by atoms with E-state index in [1.54, 1.807) is 18.2 Å². The van der Waals surface area contributed by atoms with Gasteiger partial charge in [0.15, 0.2) is 0 Å². The van der Waals surface area contributed by atoms with Crippen LogP contribution in [0.2, 0.25) is 10.0 Å². The number of nitrogens with zero attached hydrogens (tertiary/aromatic N) is 1. The number of carbonyl (C=O) groups is 1. The molecule has 1 fully saturated rings. The third kappa shape index (κ3) is 5.23. The van der Waals surface area contributed by atoms with E-state index in [4.69, 9.17) is 27.9 Å². The molecule has 1 N–H and O–H groups in total. The number of rotatable bonds is 6. The van der Waals surface area contributed by atoms with Gasteiger partial charge in [0.25, 0.3) is 0 Å². The van der Waals surface area contributed by atoms with Crippen molar-refractivity contribution in [3.63, 3.8) is 0 Å². The Kier molecular flexibility index (Phi) is 7.13. The van der Waals surface area contributed by atoms with Crippen LogP contribution in [0.25, 0.3) is 0 Å². The maximum Gasteiger partial charge on any atom is 0.224 e. The summed E-state index contributed by atoms with van der Waals surface area (Å²) in [4.78, 5) is 15.0. The fourth-order valence-electron chi connectivity index (χ4n) is 3.57. The average molecular weight is 407 g/mol. The van der Waals surface area contributed by atoms with Gasteiger partial charge in [-0.1, -0.05) is 59.6 Å². The molecule has 0 saturated carbocycles. The van der Waals surface area contributed by atoms with Crippen molar-refractivity contribution >= 4 is 29.1 Å². The summed E-state index contributed by atoms with van der Waals surface area (Å²) >= 11 is 12.4. The first-order valence-corrected chi connectivity index (χ1v) is 9.91. The minimum absolute atomic E-state index is 0.0701. The first-order valence-electron chi connectivity index (χ1n) is 9.15. The first-order chi connectivity index (χ1) is 13.1. The molecule has 0 spiro atoms. The van der Waals surface area contributed by atoms with Crippen LogP contribution in [-0.2, 0) is 16.0 Å². The Morgan fingerprint density at radius 1 is 1.07 bits per heavy atom. The Balaban J connectivity index is 1.74. The predicted octanol–water partition coefficient (Wildman–Crippen LogP) is 4.11. The third-order valence-electron chi connectivity index (χ3n) is 4.84. The number of hydrogen-bond donors (Lipinski definition) is 1. The summed E-state index contributed by atoms with van der Waals surface area (Å²) in [5.41, 5.74) is 1.84. The van der Waals surface area contributed by atoms with Crippen molar-refractivity contribution in [2.45, 2.75) is 25.4 Å². The van der Waals surface area contributed by atoms with Crippen molar-refractivity contribution in [3.8, 4) is 0 Å². The molecule has 0 radical (unpaired) electrons. The van der Waals surface area contributed by atoms with Crippen LogP contribution < -0.4 is 5.32 Å². The van der Waals surface area contributed by atoms with E-state index in [-0.39, 0.29) is 24.4 Å². The molecule has 2 aromatic rings. The molecular formula is C21H24Cl2N2O2. The monoisotopic (exact) mass is 406 g/mol. The number of amides is 1. The lowest BCUT2D eigenvalue weighted by Crippen LogP contribution is -2.48. The summed E-state index contributed by atoms with van der Waals surface area (Å²) in [7, 11) is 0. The number of morpholine rings is 1. The van der Waals surface area contributed by atoms with E-state index in [1.807, 2.05) is 25.1 Å². The van der Waals surface area contributed by atoms with Gasteiger partial charge in [-0.2, -0.15) is 0 Å². The molecule has 0 aliphatic carbocycles. The number of hydrogen-bond acceptors (Lipinski definition) is 3. The molecular weight excluding hydrogens is 383 g/mol. The largest absolute Gasteiger partial charge is 0.379 e. The summed E-state index contributed by atoms with van der Waals surface area (Å²) in [5, 5.41) is 4.16. The van der Waals surface area contributed by atoms with Gasteiger partial charge in [-0.25, -0.2) is 0 Å². The highest BCUT2D eigenvalue weighted by Gasteiger charge is 2.28. The second-order valence-electron chi connectivity index (χ2n) is 6.74. The van der Waals surface area contributed by atoms with Crippen LogP contribution in [0.15, 0.2) is 48.5 Å². The first kappa shape index (κ1) is 20.2. The molecule has 144 valence electrons. The Morgan fingerprint density at radius 2 is 1.70 bits per heavy atom. The smallest absolute Gasteiger partial charge is 0.224 e. The molecule has 6 heteroatoms. The summed E-state index contributed by atoms with van der Waals surface area (Å²) < 4.78 is 5.49. The van der Waals surface area contributed by atoms with Gasteiger partial charge in [-0.05, 0) is 30.2 Å². The summed E-state index contributed by atoms with van der Waals surface area (Å²) in [6.07, 6.45) is 0.160. The minimum Gasteiger partial charge on any atom is -0.379 e. The van der Waals surface area contributed by atoms with Gasteiger partial charge < -0.3 is 10.1 Å². The van der Waals surface area contributed by atoms with Gasteiger partial charge in [0.05, 0.1) is 25.7 Å². The van der Waals surface area contributed by atoms with Gasteiger partial charge >= 0.3 is 0 Å². The highest BCUT2D eigenvalue weighted by molar-refractivity contribution is 6.36.